The Bertz CT molecular complexity index is 678. The lowest BCUT2D eigenvalue weighted by atomic mass is 9.89. The number of anilines is 1. The van der Waals surface area contributed by atoms with Crippen LogP contribution in [0.25, 0.3) is 0 Å². The minimum atomic E-state index is -1.21. The highest BCUT2D eigenvalue weighted by molar-refractivity contribution is 6.00. The monoisotopic (exact) mass is 332 g/mol. The second kappa shape index (κ2) is 6.51. The van der Waals surface area contributed by atoms with Gasteiger partial charge in [-0.3, -0.25) is 9.59 Å². The van der Waals surface area contributed by atoms with Gasteiger partial charge in [0, 0.05) is 5.56 Å². The number of hydrogen-bond donors (Lipinski definition) is 3. The summed E-state index contributed by atoms with van der Waals surface area (Å²) >= 11 is 0. The van der Waals surface area contributed by atoms with Crippen LogP contribution in [0.15, 0.2) is 18.2 Å². The first-order valence-corrected chi connectivity index (χ1v) is 8.13. The molecule has 0 unspecified atom stereocenters. The highest BCUT2D eigenvalue weighted by Gasteiger charge is 2.40. The molecule has 1 fully saturated rings. The molecule has 1 saturated carbocycles. The summed E-state index contributed by atoms with van der Waals surface area (Å²) in [7, 11) is 0. The number of fused-ring (bicyclic) bond motifs is 1. The van der Waals surface area contributed by atoms with E-state index in [-0.39, 0.29) is 12.5 Å². The van der Waals surface area contributed by atoms with Crippen LogP contribution in [0.2, 0.25) is 0 Å². The molecule has 2 amide bonds. The van der Waals surface area contributed by atoms with Crippen molar-refractivity contribution in [3.05, 3.63) is 23.8 Å². The summed E-state index contributed by atoms with van der Waals surface area (Å²) in [6.07, 6.45) is 4.41. The Kier molecular flexibility index (Phi) is 4.42. The van der Waals surface area contributed by atoms with Crippen molar-refractivity contribution in [2.75, 3.05) is 11.9 Å². The number of carboxylic acid groups (broad SMARTS) is 1. The fraction of sp³-hybridized carbons (Fsp3) is 0.471. The fourth-order valence-electron chi connectivity index (χ4n) is 3.23. The van der Waals surface area contributed by atoms with Gasteiger partial charge in [-0.15, -0.1) is 0 Å². The predicted octanol–water partition coefficient (Wildman–Crippen LogP) is 1.92. The molecule has 1 aliphatic heterocycles. The van der Waals surface area contributed by atoms with Crippen molar-refractivity contribution >= 4 is 23.5 Å². The maximum absolute atomic E-state index is 12.6. The summed E-state index contributed by atoms with van der Waals surface area (Å²) in [4.78, 5) is 35.6. The molecule has 1 aliphatic carbocycles. The molecular formula is C17H20N2O5. The van der Waals surface area contributed by atoms with E-state index in [1.165, 1.54) is 6.07 Å². The van der Waals surface area contributed by atoms with E-state index in [4.69, 9.17) is 4.74 Å². The molecule has 24 heavy (non-hydrogen) atoms. The smallest absolute Gasteiger partial charge is 0.329 e. The highest BCUT2D eigenvalue weighted by atomic mass is 16.5. The number of nitrogens with one attached hydrogen (secondary N) is 2. The van der Waals surface area contributed by atoms with E-state index < -0.39 is 17.4 Å². The normalized spacial score (nSPS) is 19.2. The van der Waals surface area contributed by atoms with Crippen LogP contribution in [0.5, 0.6) is 5.75 Å². The summed E-state index contributed by atoms with van der Waals surface area (Å²) in [6, 6.07) is 4.66. The van der Waals surface area contributed by atoms with E-state index in [1.54, 1.807) is 12.1 Å². The Morgan fingerprint density at radius 2 is 1.88 bits per heavy atom. The molecular weight excluding hydrogens is 312 g/mol. The van der Waals surface area contributed by atoms with Crippen LogP contribution in [0.1, 0.15) is 48.9 Å². The third-order valence-electron chi connectivity index (χ3n) is 4.60. The maximum atomic E-state index is 12.6. The minimum Gasteiger partial charge on any atom is -0.482 e. The summed E-state index contributed by atoms with van der Waals surface area (Å²) in [5, 5.41) is 15.0. The summed E-state index contributed by atoms with van der Waals surface area (Å²) < 4.78 is 5.30. The first-order chi connectivity index (χ1) is 11.5. The summed E-state index contributed by atoms with van der Waals surface area (Å²) in [6.45, 7) is -0.100. The van der Waals surface area contributed by atoms with Crippen molar-refractivity contribution < 1.29 is 24.2 Å². The molecule has 0 bridgehead atoms. The topological polar surface area (TPSA) is 105 Å². The number of ether oxygens (including phenoxy) is 1. The lowest BCUT2D eigenvalue weighted by Gasteiger charge is -2.29. The molecule has 0 atom stereocenters. The molecule has 0 radical (unpaired) electrons. The molecule has 128 valence electrons. The molecule has 0 aromatic heterocycles. The van der Waals surface area contributed by atoms with Gasteiger partial charge in [-0.25, -0.2) is 4.79 Å². The molecule has 3 N–H and O–H groups in total. The van der Waals surface area contributed by atoms with Gasteiger partial charge in [0.25, 0.3) is 11.8 Å². The third kappa shape index (κ3) is 3.20. The molecule has 0 saturated heterocycles. The molecule has 1 aromatic carbocycles. The molecule has 7 nitrogen and oxygen atoms in total. The largest absolute Gasteiger partial charge is 0.482 e. The number of carboxylic acids is 1. The van der Waals surface area contributed by atoms with Gasteiger partial charge in [0.05, 0.1) is 5.69 Å². The number of hydrogen-bond acceptors (Lipinski definition) is 4. The standard InChI is InChI=1S/C17H20N2O5/c20-14-10-24-13-9-11(5-6-12(13)18-14)15(21)19-17(16(22)23)7-3-1-2-4-8-17/h5-6,9H,1-4,7-8,10H2,(H,18,20)(H,19,21)(H,22,23). The second-order valence-electron chi connectivity index (χ2n) is 6.30. The number of benzene rings is 1. The van der Waals surface area contributed by atoms with Gasteiger partial charge in [-0.1, -0.05) is 25.7 Å². The molecule has 3 rings (SSSR count). The average Bonchev–Trinajstić information content (AvgIpc) is 2.81. The first-order valence-electron chi connectivity index (χ1n) is 8.13. The van der Waals surface area contributed by atoms with E-state index in [2.05, 4.69) is 10.6 Å². The van der Waals surface area contributed by atoms with Crippen LogP contribution in [0.4, 0.5) is 5.69 Å². The zero-order valence-corrected chi connectivity index (χ0v) is 13.3. The highest BCUT2D eigenvalue weighted by Crippen LogP contribution is 2.30. The van der Waals surface area contributed by atoms with Gasteiger partial charge in [0.2, 0.25) is 0 Å². The lowest BCUT2D eigenvalue weighted by Crippen LogP contribution is -2.54. The van der Waals surface area contributed by atoms with Crippen molar-refractivity contribution in [3.8, 4) is 5.75 Å². The summed E-state index contributed by atoms with van der Waals surface area (Å²) in [5.74, 6) is -1.27. The lowest BCUT2D eigenvalue weighted by molar-refractivity contribution is -0.145. The Morgan fingerprint density at radius 3 is 2.54 bits per heavy atom. The molecule has 2 aliphatic rings. The average molecular weight is 332 g/mol. The minimum absolute atomic E-state index is 0.100. The Labute approximate surface area is 139 Å². The van der Waals surface area contributed by atoms with Crippen molar-refractivity contribution in [3.63, 3.8) is 0 Å². The Hall–Kier alpha value is -2.57. The Balaban J connectivity index is 1.80. The molecule has 0 spiro atoms. The second-order valence-corrected chi connectivity index (χ2v) is 6.30. The van der Waals surface area contributed by atoms with Gasteiger partial charge in [-0.05, 0) is 31.0 Å². The van der Waals surface area contributed by atoms with Crippen LogP contribution in [0, 0.1) is 0 Å². The van der Waals surface area contributed by atoms with Crippen molar-refractivity contribution in [1.29, 1.82) is 0 Å². The number of amides is 2. The number of carbonyl (C=O) groups is 3. The van der Waals surface area contributed by atoms with Gasteiger partial charge in [0.15, 0.2) is 6.61 Å². The van der Waals surface area contributed by atoms with Gasteiger partial charge in [0.1, 0.15) is 11.3 Å². The number of carbonyl (C=O) groups excluding carboxylic acids is 2. The zero-order valence-electron chi connectivity index (χ0n) is 13.3. The van der Waals surface area contributed by atoms with E-state index in [0.717, 1.165) is 25.7 Å². The molecule has 1 heterocycles. The van der Waals surface area contributed by atoms with Crippen molar-refractivity contribution in [2.24, 2.45) is 0 Å². The predicted molar refractivity (Wildman–Crippen MR) is 86.1 cm³/mol. The molecule has 7 heteroatoms. The van der Waals surface area contributed by atoms with Crippen molar-refractivity contribution in [1.82, 2.24) is 5.32 Å². The van der Waals surface area contributed by atoms with Crippen LogP contribution < -0.4 is 15.4 Å². The quantitative estimate of drug-likeness (QED) is 0.734. The molecule has 1 aromatic rings. The van der Waals surface area contributed by atoms with Gasteiger partial charge >= 0.3 is 5.97 Å². The van der Waals surface area contributed by atoms with Crippen LogP contribution in [-0.2, 0) is 9.59 Å². The fourth-order valence-corrected chi connectivity index (χ4v) is 3.23. The van der Waals surface area contributed by atoms with Crippen molar-refractivity contribution in [2.45, 2.75) is 44.1 Å². The SMILES string of the molecule is O=C1COc2cc(C(=O)NC3(C(=O)O)CCCCCC3)ccc2N1. The van der Waals surface area contributed by atoms with E-state index >= 15 is 0 Å². The van der Waals surface area contributed by atoms with E-state index in [0.29, 0.717) is 29.8 Å². The number of rotatable bonds is 3. The maximum Gasteiger partial charge on any atom is 0.329 e. The zero-order chi connectivity index (χ0) is 17.2. The Morgan fingerprint density at radius 1 is 1.17 bits per heavy atom. The van der Waals surface area contributed by atoms with Crippen LogP contribution in [-0.4, -0.2) is 35.0 Å². The number of aliphatic carboxylic acids is 1. The van der Waals surface area contributed by atoms with E-state index in [1.807, 2.05) is 0 Å². The van der Waals surface area contributed by atoms with Crippen LogP contribution >= 0.6 is 0 Å². The summed E-state index contributed by atoms with van der Waals surface area (Å²) in [5.41, 5.74) is -0.390. The van der Waals surface area contributed by atoms with Gasteiger partial charge in [-0.2, -0.15) is 0 Å². The third-order valence-corrected chi connectivity index (χ3v) is 4.60. The van der Waals surface area contributed by atoms with Gasteiger partial charge < -0.3 is 20.5 Å². The van der Waals surface area contributed by atoms with Crippen LogP contribution in [0.3, 0.4) is 0 Å². The van der Waals surface area contributed by atoms with E-state index in [9.17, 15) is 19.5 Å². The first kappa shape index (κ1) is 16.3.